The first-order chi connectivity index (χ1) is 14.7. The normalized spacial score (nSPS) is 18.8. The number of benzene rings is 2. The average Bonchev–Trinajstić information content (AvgIpc) is 2.79. The van der Waals surface area contributed by atoms with Gasteiger partial charge in [-0.15, -0.1) is 0 Å². The van der Waals surface area contributed by atoms with Crippen LogP contribution in [0.5, 0.6) is 0 Å². The van der Waals surface area contributed by atoms with Crippen molar-refractivity contribution < 1.29 is 9.59 Å². The lowest BCUT2D eigenvalue weighted by Gasteiger charge is -2.33. The maximum atomic E-state index is 12.7. The number of hydrogen-bond acceptors (Lipinski definition) is 3. The summed E-state index contributed by atoms with van der Waals surface area (Å²) in [5.74, 6) is 0.143. The molecule has 0 radical (unpaired) electrons. The molecule has 5 nitrogen and oxygen atoms in total. The molecule has 4 rings (SSSR count). The third-order valence-electron chi connectivity index (χ3n) is 6.27. The Morgan fingerprint density at radius 1 is 0.967 bits per heavy atom. The van der Waals surface area contributed by atoms with Crippen molar-refractivity contribution in [3.05, 3.63) is 65.7 Å². The SMILES string of the molecule is O=C(NCCN1CCCc2ccccc21)[C@H]1CCC(=O)N(CCc2ccccc2)C1. The van der Waals surface area contributed by atoms with Crippen molar-refractivity contribution in [1.29, 1.82) is 0 Å². The minimum atomic E-state index is -0.105. The Labute approximate surface area is 179 Å². The highest BCUT2D eigenvalue weighted by molar-refractivity contribution is 5.83. The Morgan fingerprint density at radius 2 is 1.77 bits per heavy atom. The number of rotatable bonds is 7. The van der Waals surface area contributed by atoms with E-state index in [2.05, 4.69) is 46.6 Å². The molecule has 1 atom stereocenters. The van der Waals surface area contributed by atoms with E-state index in [4.69, 9.17) is 0 Å². The van der Waals surface area contributed by atoms with Gasteiger partial charge in [-0.25, -0.2) is 0 Å². The fourth-order valence-electron chi connectivity index (χ4n) is 4.56. The predicted octanol–water partition coefficient (Wildman–Crippen LogP) is 3.04. The molecule has 0 aliphatic carbocycles. The van der Waals surface area contributed by atoms with Crippen LogP contribution in [0.1, 0.15) is 30.4 Å². The summed E-state index contributed by atoms with van der Waals surface area (Å²) in [7, 11) is 0. The lowest BCUT2D eigenvalue weighted by atomic mass is 9.96. The largest absolute Gasteiger partial charge is 0.370 e. The third kappa shape index (κ3) is 5.02. The van der Waals surface area contributed by atoms with E-state index in [-0.39, 0.29) is 17.7 Å². The topological polar surface area (TPSA) is 52.7 Å². The average molecular weight is 406 g/mol. The molecule has 5 heteroatoms. The Balaban J connectivity index is 1.25. The highest BCUT2D eigenvalue weighted by Crippen LogP contribution is 2.26. The Kier molecular flexibility index (Phi) is 6.67. The van der Waals surface area contributed by atoms with E-state index in [0.29, 0.717) is 32.5 Å². The fourth-order valence-corrected chi connectivity index (χ4v) is 4.56. The molecule has 158 valence electrons. The number of amides is 2. The monoisotopic (exact) mass is 405 g/mol. The second-order valence-corrected chi connectivity index (χ2v) is 8.32. The minimum Gasteiger partial charge on any atom is -0.370 e. The molecule has 2 aliphatic heterocycles. The van der Waals surface area contributed by atoms with E-state index in [0.717, 1.165) is 32.4 Å². The molecule has 0 unspecified atom stereocenters. The van der Waals surface area contributed by atoms with Crippen molar-refractivity contribution in [3.8, 4) is 0 Å². The van der Waals surface area contributed by atoms with Gasteiger partial charge in [0, 0.05) is 44.8 Å². The molecule has 0 spiro atoms. The van der Waals surface area contributed by atoms with E-state index < -0.39 is 0 Å². The lowest BCUT2D eigenvalue weighted by Crippen LogP contribution is -2.47. The second-order valence-electron chi connectivity index (χ2n) is 8.32. The highest BCUT2D eigenvalue weighted by Gasteiger charge is 2.30. The van der Waals surface area contributed by atoms with Gasteiger partial charge in [-0.2, -0.15) is 0 Å². The van der Waals surface area contributed by atoms with Crippen molar-refractivity contribution in [1.82, 2.24) is 10.2 Å². The third-order valence-corrected chi connectivity index (χ3v) is 6.27. The van der Waals surface area contributed by atoms with Crippen LogP contribution < -0.4 is 10.2 Å². The van der Waals surface area contributed by atoms with Gasteiger partial charge in [-0.1, -0.05) is 48.5 Å². The number of nitrogens with zero attached hydrogens (tertiary/aromatic N) is 2. The first-order valence-electron chi connectivity index (χ1n) is 11.1. The molecule has 0 aromatic heterocycles. The molecule has 2 aliphatic rings. The lowest BCUT2D eigenvalue weighted by molar-refractivity contribution is -0.138. The number of aryl methyl sites for hydroxylation is 1. The maximum Gasteiger partial charge on any atom is 0.224 e. The van der Waals surface area contributed by atoms with Gasteiger partial charge in [0.15, 0.2) is 0 Å². The van der Waals surface area contributed by atoms with Crippen LogP contribution in [-0.2, 0) is 22.4 Å². The van der Waals surface area contributed by atoms with E-state index >= 15 is 0 Å². The molecule has 2 aromatic carbocycles. The highest BCUT2D eigenvalue weighted by atomic mass is 16.2. The number of piperidine rings is 1. The Bertz CT molecular complexity index is 868. The Morgan fingerprint density at radius 3 is 2.63 bits per heavy atom. The van der Waals surface area contributed by atoms with Gasteiger partial charge in [0.2, 0.25) is 11.8 Å². The van der Waals surface area contributed by atoms with Gasteiger partial charge >= 0.3 is 0 Å². The van der Waals surface area contributed by atoms with Gasteiger partial charge < -0.3 is 15.1 Å². The number of anilines is 1. The van der Waals surface area contributed by atoms with Gasteiger partial charge in [0.25, 0.3) is 0 Å². The number of fused-ring (bicyclic) bond motifs is 1. The first kappa shape index (κ1) is 20.5. The van der Waals surface area contributed by atoms with Crippen LogP contribution in [0, 0.1) is 5.92 Å². The van der Waals surface area contributed by atoms with Gasteiger partial charge in [-0.05, 0) is 42.9 Å². The van der Waals surface area contributed by atoms with E-state index in [9.17, 15) is 9.59 Å². The predicted molar refractivity (Wildman–Crippen MR) is 119 cm³/mol. The van der Waals surface area contributed by atoms with Crippen molar-refractivity contribution in [3.63, 3.8) is 0 Å². The van der Waals surface area contributed by atoms with Crippen LogP contribution in [-0.4, -0.2) is 49.4 Å². The summed E-state index contributed by atoms with van der Waals surface area (Å²) in [6.45, 7) is 3.72. The second kappa shape index (κ2) is 9.79. The molecule has 2 aromatic rings. The summed E-state index contributed by atoms with van der Waals surface area (Å²) in [5, 5.41) is 3.12. The molecule has 30 heavy (non-hydrogen) atoms. The molecule has 1 saturated heterocycles. The molecule has 0 bridgehead atoms. The summed E-state index contributed by atoms with van der Waals surface area (Å²) < 4.78 is 0. The molecule has 1 fully saturated rings. The van der Waals surface area contributed by atoms with E-state index in [1.54, 1.807) is 0 Å². The summed E-state index contributed by atoms with van der Waals surface area (Å²) in [4.78, 5) is 29.3. The number of carbonyl (C=O) groups excluding carboxylic acids is 2. The molecule has 2 heterocycles. The number of likely N-dealkylation sites (tertiary alicyclic amines) is 1. The standard InChI is InChI=1S/C25H31N3O2/c29-24-13-12-22(19-28(24)17-14-20-7-2-1-3-8-20)25(30)26-15-18-27-16-6-10-21-9-4-5-11-23(21)27/h1-5,7-9,11,22H,6,10,12-19H2,(H,26,30)/t22-/m0/s1. The van der Waals surface area contributed by atoms with Gasteiger partial charge in [0.1, 0.15) is 0 Å². The zero-order valence-corrected chi connectivity index (χ0v) is 17.6. The van der Waals surface area contributed by atoms with Crippen LogP contribution >= 0.6 is 0 Å². The zero-order chi connectivity index (χ0) is 20.8. The van der Waals surface area contributed by atoms with Crippen LogP contribution in [0.3, 0.4) is 0 Å². The van der Waals surface area contributed by atoms with Crippen molar-refractivity contribution >= 4 is 17.5 Å². The minimum absolute atomic E-state index is 0.0810. The molecular weight excluding hydrogens is 374 g/mol. The number of para-hydroxylation sites is 1. The molecule has 1 N–H and O–H groups in total. The van der Waals surface area contributed by atoms with Crippen molar-refractivity contribution in [2.24, 2.45) is 5.92 Å². The van der Waals surface area contributed by atoms with Gasteiger partial charge in [-0.3, -0.25) is 9.59 Å². The molecule has 2 amide bonds. The summed E-state index contributed by atoms with van der Waals surface area (Å²) in [5.41, 5.74) is 3.92. The van der Waals surface area contributed by atoms with Crippen LogP contribution in [0.15, 0.2) is 54.6 Å². The summed E-state index contributed by atoms with van der Waals surface area (Å²) in [6.07, 6.45) is 4.24. The van der Waals surface area contributed by atoms with Gasteiger partial charge in [0.05, 0.1) is 5.92 Å². The van der Waals surface area contributed by atoms with E-state index in [1.807, 2.05) is 23.1 Å². The number of hydrogen-bond donors (Lipinski definition) is 1. The first-order valence-corrected chi connectivity index (χ1v) is 11.1. The van der Waals surface area contributed by atoms with E-state index in [1.165, 1.54) is 16.8 Å². The fraction of sp³-hybridized carbons (Fsp3) is 0.440. The van der Waals surface area contributed by atoms with Crippen molar-refractivity contribution in [2.75, 3.05) is 37.6 Å². The van der Waals surface area contributed by atoms with Crippen LogP contribution in [0.25, 0.3) is 0 Å². The smallest absolute Gasteiger partial charge is 0.224 e. The number of carbonyl (C=O) groups is 2. The summed E-state index contributed by atoms with van der Waals surface area (Å²) >= 11 is 0. The number of nitrogens with one attached hydrogen (secondary N) is 1. The molecular formula is C25H31N3O2. The summed E-state index contributed by atoms with van der Waals surface area (Å²) in [6, 6.07) is 18.7. The Hall–Kier alpha value is -2.82. The molecule has 0 saturated carbocycles. The zero-order valence-electron chi connectivity index (χ0n) is 17.6. The van der Waals surface area contributed by atoms with Crippen molar-refractivity contribution in [2.45, 2.75) is 32.1 Å². The maximum absolute atomic E-state index is 12.7. The van der Waals surface area contributed by atoms with Crippen LogP contribution in [0.4, 0.5) is 5.69 Å². The quantitative estimate of drug-likeness (QED) is 0.770. The van der Waals surface area contributed by atoms with Crippen LogP contribution in [0.2, 0.25) is 0 Å².